The summed E-state index contributed by atoms with van der Waals surface area (Å²) >= 11 is 0. The maximum atomic E-state index is 9.76. The van der Waals surface area contributed by atoms with Gasteiger partial charge in [-0.15, -0.1) is 35.4 Å². The molecule has 0 saturated carbocycles. The van der Waals surface area contributed by atoms with Gasteiger partial charge in [-0.2, -0.15) is 0 Å². The van der Waals surface area contributed by atoms with Gasteiger partial charge in [0.05, 0.1) is 17.7 Å². The molecule has 1 radical (unpaired) electrons. The van der Waals surface area contributed by atoms with Crippen molar-refractivity contribution in [2.45, 2.75) is 93.3 Å². The van der Waals surface area contributed by atoms with Crippen molar-refractivity contribution in [1.82, 2.24) is 4.98 Å². The molecule has 36 heavy (non-hydrogen) atoms. The Labute approximate surface area is 232 Å². The molecule has 1 aliphatic rings. The Hall–Kier alpha value is -1.58. The number of aliphatic hydroxyl groups excluding tert-OH is 2. The number of hydrogen-bond acceptors (Lipinski definition) is 3. The summed E-state index contributed by atoms with van der Waals surface area (Å²) in [5, 5.41) is 20.8. The second kappa shape index (κ2) is 12.3. The van der Waals surface area contributed by atoms with Crippen LogP contribution in [0.15, 0.2) is 42.5 Å². The molecule has 0 spiro atoms. The normalized spacial score (nSPS) is 14.8. The van der Waals surface area contributed by atoms with Crippen LogP contribution in [0, 0.1) is 22.8 Å². The van der Waals surface area contributed by atoms with Crippen LogP contribution < -0.4 is 0 Å². The number of aliphatic hydroxyl groups is 2. The van der Waals surface area contributed by atoms with Crippen LogP contribution in [0.5, 0.6) is 0 Å². The van der Waals surface area contributed by atoms with Crippen molar-refractivity contribution in [2.75, 3.05) is 0 Å². The van der Waals surface area contributed by atoms with Gasteiger partial charge in [-0.3, -0.25) is 4.98 Å². The standard InChI is InChI=1S/C21H20N.C11H24O2.Ir/c1-14(2)12-16-7-5-9-20-19(16)13-17-11-10-15-6-3-4-8-18(15)21(17)22-20;1-10(2,3)8(12)7-9(13)11(4,5)6;/h3-7,9,13-14H,10-12H2,1-2H3;8-9,12-13H,7H2,1-6H3;/q-1;;. The summed E-state index contributed by atoms with van der Waals surface area (Å²) in [5.41, 5.74) is 7.32. The first-order chi connectivity index (χ1) is 16.3. The number of hydrogen-bond donors (Lipinski definition) is 2. The Morgan fingerprint density at radius 2 is 1.50 bits per heavy atom. The number of pyridine rings is 1. The zero-order chi connectivity index (χ0) is 26.0. The van der Waals surface area contributed by atoms with Crippen molar-refractivity contribution >= 4 is 10.9 Å². The average molecular weight is 667 g/mol. The molecule has 3 aromatic rings. The molecule has 0 bridgehead atoms. The zero-order valence-electron chi connectivity index (χ0n) is 23.3. The van der Waals surface area contributed by atoms with Crippen molar-refractivity contribution in [1.29, 1.82) is 0 Å². The fourth-order valence-corrected chi connectivity index (χ4v) is 4.41. The van der Waals surface area contributed by atoms with Crippen molar-refractivity contribution in [3.63, 3.8) is 0 Å². The van der Waals surface area contributed by atoms with E-state index in [-0.39, 0.29) is 30.9 Å². The van der Waals surface area contributed by atoms with E-state index in [1.807, 2.05) is 47.6 Å². The maximum Gasteiger partial charge on any atom is 0.0613 e. The predicted molar refractivity (Wildman–Crippen MR) is 148 cm³/mol. The van der Waals surface area contributed by atoms with Gasteiger partial charge in [-0.1, -0.05) is 85.6 Å². The van der Waals surface area contributed by atoms with E-state index >= 15 is 0 Å². The van der Waals surface area contributed by atoms with Gasteiger partial charge >= 0.3 is 0 Å². The second-order valence-corrected chi connectivity index (χ2v) is 12.6. The largest absolute Gasteiger partial charge is 0.392 e. The molecular formula is C32H44IrNO2-. The van der Waals surface area contributed by atoms with Gasteiger partial charge in [0.2, 0.25) is 0 Å². The topological polar surface area (TPSA) is 53.4 Å². The van der Waals surface area contributed by atoms with Crippen molar-refractivity contribution in [2.24, 2.45) is 16.7 Å². The van der Waals surface area contributed by atoms with E-state index in [0.29, 0.717) is 12.3 Å². The van der Waals surface area contributed by atoms with Crippen LogP contribution in [-0.4, -0.2) is 27.4 Å². The van der Waals surface area contributed by atoms with Gasteiger partial charge in [-0.25, -0.2) is 0 Å². The quantitative estimate of drug-likeness (QED) is 0.290. The molecule has 0 fully saturated rings. The minimum atomic E-state index is -0.443. The van der Waals surface area contributed by atoms with Crippen LogP contribution in [0.4, 0.5) is 0 Å². The molecule has 3 nitrogen and oxygen atoms in total. The summed E-state index contributed by atoms with van der Waals surface area (Å²) in [4.78, 5) is 4.99. The minimum Gasteiger partial charge on any atom is -0.392 e. The first-order valence-electron chi connectivity index (χ1n) is 13.0. The first-order valence-corrected chi connectivity index (χ1v) is 13.0. The third-order valence-electron chi connectivity index (χ3n) is 6.95. The SMILES string of the molecule is CC(C)(C)C(O)CC(O)C(C)(C)C.CC(C)Cc1cccc2nc3c(cc12)CCc1ccc[c-]c1-3.[Ir]. The number of rotatable bonds is 4. The predicted octanol–water partition coefficient (Wildman–Crippen LogP) is 7.19. The fourth-order valence-electron chi connectivity index (χ4n) is 4.41. The Balaban J connectivity index is 0.000000285. The molecule has 2 unspecified atom stereocenters. The van der Waals surface area contributed by atoms with Crippen LogP contribution in [0.25, 0.3) is 22.2 Å². The third kappa shape index (κ3) is 7.71. The van der Waals surface area contributed by atoms with Crippen molar-refractivity contribution in [3.8, 4) is 11.3 Å². The van der Waals surface area contributed by atoms with Crippen molar-refractivity contribution < 1.29 is 30.3 Å². The summed E-state index contributed by atoms with van der Waals surface area (Å²) < 4.78 is 0. The van der Waals surface area contributed by atoms with Gasteiger partial charge in [-0.05, 0) is 46.9 Å². The molecule has 0 amide bonds. The van der Waals surface area contributed by atoms with E-state index in [9.17, 15) is 10.2 Å². The summed E-state index contributed by atoms with van der Waals surface area (Å²) in [6.45, 7) is 16.4. The van der Waals surface area contributed by atoms with Crippen LogP contribution in [0.2, 0.25) is 0 Å². The van der Waals surface area contributed by atoms with E-state index in [1.54, 1.807) is 0 Å². The molecule has 199 valence electrons. The van der Waals surface area contributed by atoms with Crippen molar-refractivity contribution in [3.05, 3.63) is 65.2 Å². The Morgan fingerprint density at radius 3 is 2.08 bits per heavy atom. The number of nitrogens with zero attached hydrogens (tertiary/aromatic N) is 1. The Bertz CT molecular complexity index is 1120. The maximum absolute atomic E-state index is 9.76. The van der Waals surface area contributed by atoms with Crippen LogP contribution >= 0.6 is 0 Å². The van der Waals surface area contributed by atoms with E-state index in [2.05, 4.69) is 56.3 Å². The Morgan fingerprint density at radius 1 is 0.889 bits per heavy atom. The van der Waals surface area contributed by atoms with E-state index in [0.717, 1.165) is 30.5 Å². The molecule has 1 heterocycles. The molecule has 2 aromatic carbocycles. The molecule has 2 N–H and O–H groups in total. The average Bonchev–Trinajstić information content (AvgIpc) is 2.77. The number of fused-ring (bicyclic) bond motifs is 4. The molecule has 4 rings (SSSR count). The van der Waals surface area contributed by atoms with Crippen LogP contribution in [0.3, 0.4) is 0 Å². The molecule has 0 saturated heterocycles. The Kier molecular flexibility index (Phi) is 10.5. The van der Waals surface area contributed by atoms with Gasteiger partial charge < -0.3 is 10.2 Å². The summed E-state index contributed by atoms with van der Waals surface area (Å²) in [6.07, 6.45) is 2.86. The fraction of sp³-hybridized carbons (Fsp3) is 0.531. The monoisotopic (exact) mass is 667 g/mol. The van der Waals surface area contributed by atoms with Gasteiger partial charge in [0, 0.05) is 31.9 Å². The summed E-state index contributed by atoms with van der Waals surface area (Å²) in [7, 11) is 0. The number of aryl methyl sites for hydroxylation is 2. The molecule has 0 aliphatic heterocycles. The van der Waals surface area contributed by atoms with E-state index in [4.69, 9.17) is 4.98 Å². The minimum absolute atomic E-state index is 0. The van der Waals surface area contributed by atoms with E-state index < -0.39 is 12.2 Å². The molecule has 2 atom stereocenters. The molecule has 1 aliphatic carbocycles. The van der Waals surface area contributed by atoms with Crippen LogP contribution in [-0.2, 0) is 39.4 Å². The smallest absolute Gasteiger partial charge is 0.0613 e. The number of benzene rings is 2. The van der Waals surface area contributed by atoms with Gasteiger partial charge in [0.1, 0.15) is 0 Å². The molecular weight excluding hydrogens is 623 g/mol. The van der Waals surface area contributed by atoms with Gasteiger partial charge in [0.15, 0.2) is 0 Å². The summed E-state index contributed by atoms with van der Waals surface area (Å²) in [5.74, 6) is 0.663. The molecule has 4 heteroatoms. The molecule has 1 aromatic heterocycles. The summed E-state index contributed by atoms with van der Waals surface area (Å²) in [6, 6.07) is 18.6. The first kappa shape index (κ1) is 30.6. The second-order valence-electron chi connectivity index (χ2n) is 12.6. The van der Waals surface area contributed by atoms with Crippen LogP contribution in [0.1, 0.15) is 78.5 Å². The number of aromatic nitrogens is 1. The van der Waals surface area contributed by atoms with Gasteiger partial charge in [0.25, 0.3) is 0 Å². The van der Waals surface area contributed by atoms with E-state index in [1.165, 1.54) is 27.6 Å². The third-order valence-corrected chi connectivity index (χ3v) is 6.95. The zero-order valence-corrected chi connectivity index (χ0v) is 25.7.